The Kier molecular flexibility index (Phi) is 5.71. The zero-order valence-electron chi connectivity index (χ0n) is 16.8. The van der Waals surface area contributed by atoms with Crippen LogP contribution in [-0.4, -0.2) is 52.4 Å². The van der Waals surface area contributed by atoms with Crippen LogP contribution < -0.4 is 4.90 Å². The zero-order valence-corrected chi connectivity index (χ0v) is 16.8. The van der Waals surface area contributed by atoms with Gasteiger partial charge >= 0.3 is 6.03 Å². The molecule has 156 valence electrons. The molecular weight excluding hydrogens is 389 g/mol. The van der Waals surface area contributed by atoms with E-state index in [9.17, 15) is 9.18 Å². The summed E-state index contributed by atoms with van der Waals surface area (Å²) in [6.45, 7) is 5.72. The standard InChI is InChI=1S/C21H22FN5O3/c1-14-11-17(4-5-18(14)22)27(21(28)26-7-9-29-10-8-26)13-16-3-6-19(23-12-16)20-25-24-15(2)30-20/h3-6,11-12H,7-10,13H2,1-2H3. The number of aryl methyl sites for hydroxylation is 2. The van der Waals surface area contributed by atoms with Crippen molar-refractivity contribution in [1.29, 1.82) is 0 Å². The van der Waals surface area contributed by atoms with Gasteiger partial charge in [0.15, 0.2) is 0 Å². The number of carbonyl (C=O) groups is 1. The number of ether oxygens (including phenoxy) is 1. The molecule has 0 bridgehead atoms. The molecule has 1 aliphatic heterocycles. The van der Waals surface area contributed by atoms with Crippen molar-refractivity contribution in [2.45, 2.75) is 20.4 Å². The number of morpholine rings is 1. The van der Waals surface area contributed by atoms with E-state index in [2.05, 4.69) is 15.2 Å². The van der Waals surface area contributed by atoms with Gasteiger partial charge in [-0.05, 0) is 42.3 Å². The zero-order chi connectivity index (χ0) is 21.1. The van der Waals surface area contributed by atoms with E-state index < -0.39 is 0 Å². The number of amides is 2. The minimum Gasteiger partial charge on any atom is -0.420 e. The number of anilines is 1. The van der Waals surface area contributed by atoms with E-state index in [1.165, 1.54) is 6.07 Å². The van der Waals surface area contributed by atoms with Crippen molar-refractivity contribution in [1.82, 2.24) is 20.1 Å². The van der Waals surface area contributed by atoms with E-state index in [0.29, 0.717) is 55.0 Å². The summed E-state index contributed by atoms with van der Waals surface area (Å²) in [6, 6.07) is 8.15. The van der Waals surface area contributed by atoms with E-state index in [1.807, 2.05) is 6.07 Å². The van der Waals surface area contributed by atoms with Crippen LogP contribution in [0.4, 0.5) is 14.9 Å². The molecule has 9 heteroatoms. The van der Waals surface area contributed by atoms with Crippen molar-refractivity contribution in [3.05, 3.63) is 59.4 Å². The van der Waals surface area contributed by atoms with Crippen molar-refractivity contribution in [3.63, 3.8) is 0 Å². The van der Waals surface area contributed by atoms with Gasteiger partial charge in [-0.2, -0.15) is 0 Å². The van der Waals surface area contributed by atoms with E-state index in [-0.39, 0.29) is 18.4 Å². The summed E-state index contributed by atoms with van der Waals surface area (Å²) >= 11 is 0. The number of rotatable bonds is 4. The Bertz CT molecular complexity index is 1030. The normalized spacial score (nSPS) is 14.0. The van der Waals surface area contributed by atoms with Crippen LogP contribution in [0.5, 0.6) is 0 Å². The number of benzene rings is 1. The Morgan fingerprint density at radius 2 is 1.97 bits per heavy atom. The Labute approximate surface area is 173 Å². The minimum absolute atomic E-state index is 0.152. The van der Waals surface area contributed by atoms with Crippen LogP contribution in [-0.2, 0) is 11.3 Å². The van der Waals surface area contributed by atoms with Crippen molar-refractivity contribution in [2.24, 2.45) is 0 Å². The van der Waals surface area contributed by atoms with Gasteiger partial charge < -0.3 is 14.1 Å². The lowest BCUT2D eigenvalue weighted by molar-refractivity contribution is 0.0548. The highest BCUT2D eigenvalue weighted by Gasteiger charge is 2.25. The van der Waals surface area contributed by atoms with Crippen LogP contribution in [0, 0.1) is 19.7 Å². The van der Waals surface area contributed by atoms with Crippen molar-refractivity contribution >= 4 is 11.7 Å². The van der Waals surface area contributed by atoms with Gasteiger partial charge in [-0.1, -0.05) is 6.07 Å². The topological polar surface area (TPSA) is 84.6 Å². The summed E-state index contributed by atoms with van der Waals surface area (Å²) in [5.74, 6) is 0.498. The van der Waals surface area contributed by atoms with Crippen LogP contribution in [0.25, 0.3) is 11.6 Å². The van der Waals surface area contributed by atoms with Gasteiger partial charge in [0.2, 0.25) is 5.89 Å². The Balaban J connectivity index is 1.60. The molecule has 2 amide bonds. The lowest BCUT2D eigenvalue weighted by atomic mass is 10.1. The number of hydrogen-bond donors (Lipinski definition) is 0. The maximum atomic E-state index is 13.8. The number of hydrogen-bond acceptors (Lipinski definition) is 6. The van der Waals surface area contributed by atoms with Gasteiger partial charge in [0.25, 0.3) is 5.89 Å². The molecule has 1 aliphatic rings. The molecular formula is C21H22FN5O3. The number of carbonyl (C=O) groups excluding carboxylic acids is 1. The highest BCUT2D eigenvalue weighted by molar-refractivity contribution is 5.92. The van der Waals surface area contributed by atoms with Crippen LogP contribution in [0.2, 0.25) is 0 Å². The number of halogens is 1. The second-order valence-corrected chi connectivity index (χ2v) is 7.08. The van der Waals surface area contributed by atoms with Gasteiger partial charge in [0, 0.05) is 31.9 Å². The van der Waals surface area contributed by atoms with Gasteiger partial charge in [-0.15, -0.1) is 10.2 Å². The molecule has 0 unspecified atom stereocenters. The number of pyridine rings is 1. The molecule has 1 fully saturated rings. The lowest BCUT2D eigenvalue weighted by Crippen LogP contribution is -2.48. The maximum absolute atomic E-state index is 13.8. The van der Waals surface area contributed by atoms with Gasteiger partial charge in [-0.25, -0.2) is 9.18 Å². The van der Waals surface area contributed by atoms with Crippen LogP contribution in [0.1, 0.15) is 17.0 Å². The Morgan fingerprint density at radius 1 is 1.17 bits per heavy atom. The van der Waals surface area contributed by atoms with Crippen molar-refractivity contribution in [2.75, 3.05) is 31.2 Å². The molecule has 1 saturated heterocycles. The summed E-state index contributed by atoms with van der Waals surface area (Å²) in [5, 5.41) is 7.77. The Morgan fingerprint density at radius 3 is 2.60 bits per heavy atom. The van der Waals surface area contributed by atoms with E-state index >= 15 is 0 Å². The van der Waals surface area contributed by atoms with Gasteiger partial charge in [0.05, 0.1) is 19.8 Å². The molecule has 8 nitrogen and oxygen atoms in total. The summed E-state index contributed by atoms with van der Waals surface area (Å²) in [5.41, 5.74) is 2.48. The van der Waals surface area contributed by atoms with Crippen molar-refractivity contribution in [3.8, 4) is 11.6 Å². The number of aromatic nitrogens is 3. The first-order valence-corrected chi connectivity index (χ1v) is 9.67. The molecule has 0 saturated carbocycles. The average Bonchev–Trinajstić information content (AvgIpc) is 3.21. The highest BCUT2D eigenvalue weighted by Crippen LogP contribution is 2.23. The third-order valence-electron chi connectivity index (χ3n) is 4.88. The lowest BCUT2D eigenvalue weighted by Gasteiger charge is -2.33. The fourth-order valence-electron chi connectivity index (χ4n) is 3.22. The summed E-state index contributed by atoms with van der Waals surface area (Å²) in [4.78, 5) is 21.0. The first-order chi connectivity index (χ1) is 14.5. The average molecular weight is 411 g/mol. The fourth-order valence-corrected chi connectivity index (χ4v) is 3.22. The highest BCUT2D eigenvalue weighted by atomic mass is 19.1. The molecule has 3 heterocycles. The monoisotopic (exact) mass is 411 g/mol. The molecule has 0 aliphatic carbocycles. The first kappa shape index (κ1) is 20.0. The van der Waals surface area contributed by atoms with Crippen LogP contribution in [0.15, 0.2) is 40.9 Å². The van der Waals surface area contributed by atoms with Crippen molar-refractivity contribution < 1.29 is 18.3 Å². The van der Waals surface area contributed by atoms with Gasteiger partial charge in [-0.3, -0.25) is 9.88 Å². The van der Waals surface area contributed by atoms with Crippen LogP contribution in [0.3, 0.4) is 0 Å². The van der Waals surface area contributed by atoms with E-state index in [4.69, 9.17) is 9.15 Å². The number of urea groups is 1. The molecule has 30 heavy (non-hydrogen) atoms. The predicted octanol–water partition coefficient (Wildman–Crippen LogP) is 3.35. The molecule has 0 atom stereocenters. The summed E-state index contributed by atoms with van der Waals surface area (Å²) in [6.07, 6.45) is 1.67. The van der Waals surface area contributed by atoms with Crippen LogP contribution >= 0.6 is 0 Å². The molecule has 0 spiro atoms. The molecule has 0 N–H and O–H groups in total. The second-order valence-electron chi connectivity index (χ2n) is 7.08. The molecule has 4 rings (SSSR count). The summed E-state index contributed by atoms with van der Waals surface area (Å²) < 4.78 is 24.5. The predicted molar refractivity (Wildman–Crippen MR) is 107 cm³/mol. The number of nitrogens with zero attached hydrogens (tertiary/aromatic N) is 5. The fraction of sp³-hybridized carbons (Fsp3) is 0.333. The van der Waals surface area contributed by atoms with E-state index in [1.54, 1.807) is 48.0 Å². The smallest absolute Gasteiger partial charge is 0.324 e. The SMILES string of the molecule is Cc1nnc(-c2ccc(CN(C(=O)N3CCOCC3)c3ccc(F)c(C)c3)cn2)o1. The molecule has 2 aromatic heterocycles. The largest absolute Gasteiger partial charge is 0.420 e. The first-order valence-electron chi connectivity index (χ1n) is 9.67. The molecule has 1 aromatic carbocycles. The molecule has 0 radical (unpaired) electrons. The van der Waals surface area contributed by atoms with E-state index in [0.717, 1.165) is 5.56 Å². The maximum Gasteiger partial charge on any atom is 0.324 e. The Hall–Kier alpha value is -3.33. The third kappa shape index (κ3) is 4.30. The second kappa shape index (κ2) is 8.58. The molecule has 3 aromatic rings. The van der Waals surface area contributed by atoms with Gasteiger partial charge in [0.1, 0.15) is 11.5 Å². The quantitative estimate of drug-likeness (QED) is 0.655. The third-order valence-corrected chi connectivity index (χ3v) is 4.88. The minimum atomic E-state index is -0.307. The summed E-state index contributed by atoms with van der Waals surface area (Å²) in [7, 11) is 0.